The molecule has 1 aliphatic heterocycles. The van der Waals surface area contributed by atoms with E-state index in [9.17, 15) is 9.59 Å². The van der Waals surface area contributed by atoms with Gasteiger partial charge in [0.1, 0.15) is 6.04 Å². The highest BCUT2D eigenvalue weighted by Crippen LogP contribution is 1.97. The van der Waals surface area contributed by atoms with Gasteiger partial charge in [0.15, 0.2) is 0 Å². The summed E-state index contributed by atoms with van der Waals surface area (Å²) in [6.07, 6.45) is 0. The topological polar surface area (TPSA) is 108 Å². The van der Waals surface area contributed by atoms with Crippen LogP contribution in [0.25, 0.3) is 0 Å². The molecule has 0 aromatic carbocycles. The van der Waals surface area contributed by atoms with Crippen LogP contribution < -0.4 is 16.4 Å². The average Bonchev–Trinajstić information content (AvgIpc) is 2.26. The van der Waals surface area contributed by atoms with Crippen molar-refractivity contribution in [3.63, 3.8) is 0 Å². The van der Waals surface area contributed by atoms with Gasteiger partial charge in [0.2, 0.25) is 5.91 Å². The van der Waals surface area contributed by atoms with Gasteiger partial charge in [0.05, 0.1) is 6.61 Å². The Morgan fingerprint density at radius 2 is 2.07 bits per heavy atom. The van der Waals surface area contributed by atoms with Crippen molar-refractivity contribution >= 4 is 11.9 Å². The number of urea groups is 1. The lowest BCUT2D eigenvalue weighted by atomic mass is 10.2. The molecule has 5 N–H and O–H groups in total. The standard InChI is InChI=1S/C8H16N4O3/c9-8(15)11-6(5-13)7(14)12-3-1-10-2-4-12/h6,10,13H,1-5H2,(H3,9,11,15). The van der Waals surface area contributed by atoms with E-state index in [2.05, 4.69) is 10.6 Å². The van der Waals surface area contributed by atoms with E-state index in [1.54, 1.807) is 4.90 Å². The number of nitrogens with zero attached hydrogens (tertiary/aromatic N) is 1. The van der Waals surface area contributed by atoms with E-state index in [-0.39, 0.29) is 5.91 Å². The van der Waals surface area contributed by atoms with Crippen molar-refractivity contribution in [3.05, 3.63) is 0 Å². The van der Waals surface area contributed by atoms with Crippen molar-refractivity contribution in [2.45, 2.75) is 6.04 Å². The highest BCUT2D eigenvalue weighted by Gasteiger charge is 2.25. The Morgan fingerprint density at radius 3 is 2.53 bits per heavy atom. The molecule has 1 saturated heterocycles. The molecule has 7 nitrogen and oxygen atoms in total. The largest absolute Gasteiger partial charge is 0.394 e. The minimum absolute atomic E-state index is 0.294. The molecule has 1 aliphatic rings. The number of aliphatic hydroxyl groups excluding tert-OH is 1. The normalized spacial score (nSPS) is 18.3. The summed E-state index contributed by atoms with van der Waals surface area (Å²) in [5, 5.41) is 14.2. The SMILES string of the molecule is NC(=O)NC(CO)C(=O)N1CCNCC1. The van der Waals surface area contributed by atoms with Crippen LogP contribution in [0.1, 0.15) is 0 Å². The zero-order chi connectivity index (χ0) is 11.3. The van der Waals surface area contributed by atoms with Crippen LogP contribution in [0.2, 0.25) is 0 Å². The summed E-state index contributed by atoms with van der Waals surface area (Å²) in [6, 6.07) is -1.74. The van der Waals surface area contributed by atoms with Gasteiger partial charge in [-0.1, -0.05) is 0 Å². The first-order valence-corrected chi connectivity index (χ1v) is 4.81. The smallest absolute Gasteiger partial charge is 0.312 e. The van der Waals surface area contributed by atoms with Crippen LogP contribution in [0.4, 0.5) is 4.79 Å². The summed E-state index contributed by atoms with van der Waals surface area (Å²) in [5.41, 5.74) is 4.89. The molecule has 0 aromatic rings. The second-order valence-electron chi connectivity index (χ2n) is 3.32. The van der Waals surface area contributed by atoms with Gasteiger partial charge in [-0.15, -0.1) is 0 Å². The van der Waals surface area contributed by atoms with Gasteiger partial charge in [-0.25, -0.2) is 4.79 Å². The van der Waals surface area contributed by atoms with E-state index >= 15 is 0 Å². The Balaban J connectivity index is 2.50. The van der Waals surface area contributed by atoms with Crippen molar-refractivity contribution in [2.75, 3.05) is 32.8 Å². The van der Waals surface area contributed by atoms with Crippen LogP contribution in [-0.2, 0) is 4.79 Å². The number of nitrogens with two attached hydrogens (primary N) is 1. The summed E-state index contributed by atoms with van der Waals surface area (Å²) < 4.78 is 0. The van der Waals surface area contributed by atoms with Crippen molar-refractivity contribution in [1.29, 1.82) is 0 Å². The number of primary amides is 1. The van der Waals surface area contributed by atoms with Crippen LogP contribution in [0, 0.1) is 0 Å². The minimum Gasteiger partial charge on any atom is -0.394 e. The van der Waals surface area contributed by atoms with E-state index in [0.717, 1.165) is 13.1 Å². The Morgan fingerprint density at radius 1 is 1.47 bits per heavy atom. The first-order valence-electron chi connectivity index (χ1n) is 4.81. The molecule has 0 spiro atoms. The van der Waals surface area contributed by atoms with Gasteiger partial charge >= 0.3 is 6.03 Å². The van der Waals surface area contributed by atoms with Crippen LogP contribution >= 0.6 is 0 Å². The summed E-state index contributed by atoms with van der Waals surface area (Å²) in [6.45, 7) is 2.16. The lowest BCUT2D eigenvalue weighted by Crippen LogP contribution is -2.56. The maximum atomic E-state index is 11.7. The maximum Gasteiger partial charge on any atom is 0.312 e. The third kappa shape index (κ3) is 3.37. The molecule has 0 saturated carbocycles. The Labute approximate surface area is 87.6 Å². The monoisotopic (exact) mass is 216 g/mol. The number of amides is 3. The maximum absolute atomic E-state index is 11.7. The van der Waals surface area contributed by atoms with Crippen LogP contribution in [0.5, 0.6) is 0 Å². The van der Waals surface area contributed by atoms with Gasteiger partial charge in [-0.2, -0.15) is 0 Å². The zero-order valence-electron chi connectivity index (χ0n) is 8.40. The van der Waals surface area contributed by atoms with Crippen molar-refractivity contribution < 1.29 is 14.7 Å². The van der Waals surface area contributed by atoms with E-state index in [0.29, 0.717) is 13.1 Å². The van der Waals surface area contributed by atoms with Crippen molar-refractivity contribution in [1.82, 2.24) is 15.5 Å². The molecule has 7 heteroatoms. The molecule has 1 fully saturated rings. The van der Waals surface area contributed by atoms with Crippen LogP contribution in [0.3, 0.4) is 0 Å². The highest BCUT2D eigenvalue weighted by molar-refractivity contribution is 5.86. The predicted octanol–water partition coefficient (Wildman–Crippen LogP) is -2.55. The Bertz CT molecular complexity index is 240. The summed E-state index contributed by atoms with van der Waals surface area (Å²) in [4.78, 5) is 23.9. The first-order chi connectivity index (χ1) is 7.15. The molecule has 1 unspecified atom stereocenters. The van der Waals surface area contributed by atoms with Gasteiger partial charge in [0.25, 0.3) is 0 Å². The molecule has 1 rings (SSSR count). The Hall–Kier alpha value is -1.34. The predicted molar refractivity (Wildman–Crippen MR) is 53.0 cm³/mol. The number of aliphatic hydroxyl groups is 1. The molecule has 0 aromatic heterocycles. The second-order valence-corrected chi connectivity index (χ2v) is 3.32. The molecule has 0 bridgehead atoms. The summed E-state index contributed by atoms with van der Waals surface area (Å²) in [7, 11) is 0. The van der Waals surface area contributed by atoms with Crippen LogP contribution in [-0.4, -0.2) is 60.8 Å². The Kier molecular flexibility index (Phi) is 4.32. The lowest BCUT2D eigenvalue weighted by molar-refractivity contribution is -0.134. The number of hydrogen-bond donors (Lipinski definition) is 4. The van der Waals surface area contributed by atoms with Gasteiger partial charge in [0, 0.05) is 26.2 Å². The van der Waals surface area contributed by atoms with Crippen LogP contribution in [0.15, 0.2) is 0 Å². The van der Waals surface area contributed by atoms with Gasteiger partial charge < -0.3 is 26.4 Å². The van der Waals surface area contributed by atoms with E-state index in [1.807, 2.05) is 0 Å². The molecule has 0 aliphatic carbocycles. The van der Waals surface area contributed by atoms with Crippen molar-refractivity contribution in [2.24, 2.45) is 5.73 Å². The number of carbonyl (C=O) groups excluding carboxylic acids is 2. The number of rotatable bonds is 3. The van der Waals surface area contributed by atoms with E-state index in [1.165, 1.54) is 0 Å². The van der Waals surface area contributed by atoms with Crippen molar-refractivity contribution in [3.8, 4) is 0 Å². The molecule has 1 heterocycles. The molecule has 0 radical (unpaired) electrons. The average molecular weight is 216 g/mol. The quantitative estimate of drug-likeness (QED) is 0.416. The van der Waals surface area contributed by atoms with E-state index < -0.39 is 18.7 Å². The fourth-order valence-corrected chi connectivity index (χ4v) is 1.46. The number of carbonyl (C=O) groups is 2. The number of hydrogen-bond acceptors (Lipinski definition) is 4. The third-order valence-corrected chi connectivity index (χ3v) is 2.23. The molecular weight excluding hydrogens is 200 g/mol. The number of nitrogens with one attached hydrogen (secondary N) is 2. The summed E-state index contributed by atoms with van der Waals surface area (Å²) in [5.74, 6) is -0.294. The van der Waals surface area contributed by atoms with E-state index in [4.69, 9.17) is 10.8 Å². The lowest BCUT2D eigenvalue weighted by Gasteiger charge is -2.30. The fraction of sp³-hybridized carbons (Fsp3) is 0.750. The fourth-order valence-electron chi connectivity index (χ4n) is 1.46. The highest BCUT2D eigenvalue weighted by atomic mass is 16.3. The molecule has 1 atom stereocenters. The number of piperazine rings is 1. The molecule has 15 heavy (non-hydrogen) atoms. The van der Waals surface area contributed by atoms with Gasteiger partial charge in [-0.05, 0) is 0 Å². The molecular formula is C8H16N4O3. The third-order valence-electron chi connectivity index (χ3n) is 2.23. The van der Waals surface area contributed by atoms with Gasteiger partial charge in [-0.3, -0.25) is 4.79 Å². The molecule has 86 valence electrons. The minimum atomic E-state index is -0.930. The first kappa shape index (κ1) is 11.7. The molecule has 3 amide bonds. The second kappa shape index (κ2) is 5.52. The summed E-state index contributed by atoms with van der Waals surface area (Å²) >= 11 is 0. The zero-order valence-corrected chi connectivity index (χ0v) is 8.40.